The number of aliphatic carboxylic acids is 1. The molecule has 90 valence electrons. The quantitative estimate of drug-likeness (QED) is 0.255. The molecule has 8 heteroatoms. The monoisotopic (exact) mass is 226 g/mol. The summed E-state index contributed by atoms with van der Waals surface area (Å²) < 4.78 is 4.13. The highest BCUT2D eigenvalue weighted by molar-refractivity contribution is 5.76. The number of hydrogen-bond acceptors (Lipinski definition) is 7. The van der Waals surface area contributed by atoms with E-state index in [2.05, 4.69) is 4.74 Å². The molecular weight excluding hydrogens is 212 g/mol. The molecule has 0 aliphatic carbocycles. The number of aliphatic hydroxyl groups excluding tert-OH is 4. The van der Waals surface area contributed by atoms with Gasteiger partial charge in [-0.1, -0.05) is 0 Å². The maximum absolute atomic E-state index is 10.5. The van der Waals surface area contributed by atoms with Crippen molar-refractivity contribution in [1.82, 2.24) is 0 Å². The number of methoxy groups -OCH3 is 1. The molecule has 0 aliphatic rings. The van der Waals surface area contributed by atoms with Crippen LogP contribution in [0.2, 0.25) is 0 Å². The fourth-order valence-corrected chi connectivity index (χ4v) is 0.884. The second-order valence-corrected chi connectivity index (χ2v) is 2.89. The number of rotatable bonds is 6. The van der Waals surface area contributed by atoms with Crippen molar-refractivity contribution in [1.29, 1.82) is 0 Å². The van der Waals surface area contributed by atoms with Crippen LogP contribution in [0.5, 0.6) is 0 Å². The molecule has 0 amide bonds. The molecule has 0 aliphatic heterocycles. The lowest BCUT2D eigenvalue weighted by Crippen LogP contribution is -2.59. The van der Waals surface area contributed by atoms with E-state index in [0.29, 0.717) is 0 Å². The maximum Gasteiger partial charge on any atom is 0.367 e. The van der Waals surface area contributed by atoms with E-state index in [9.17, 15) is 15.0 Å². The van der Waals surface area contributed by atoms with Gasteiger partial charge in [0.05, 0.1) is 6.61 Å². The van der Waals surface area contributed by atoms with Gasteiger partial charge in [-0.15, -0.1) is 0 Å². The molecule has 6 N–H and O–H groups in total. The molecule has 0 saturated heterocycles. The molecule has 15 heavy (non-hydrogen) atoms. The number of hydrogen-bond donors (Lipinski definition) is 6. The SMILES string of the molecule is CO[C@@](O)(C(=O)O)[C@@H](O)[C@H](O)[C@H](O)CO. The zero-order valence-corrected chi connectivity index (χ0v) is 7.94. The van der Waals surface area contributed by atoms with Gasteiger partial charge in [-0.05, 0) is 0 Å². The fourth-order valence-electron chi connectivity index (χ4n) is 0.884. The molecular formula is C7H14O8. The molecule has 0 aromatic carbocycles. The van der Waals surface area contributed by atoms with E-state index in [-0.39, 0.29) is 0 Å². The number of ether oxygens (including phenoxy) is 1. The molecule has 0 fully saturated rings. The second-order valence-electron chi connectivity index (χ2n) is 2.89. The second kappa shape index (κ2) is 5.35. The van der Waals surface area contributed by atoms with Crippen LogP contribution in [-0.4, -0.2) is 74.4 Å². The number of carboxylic acid groups (broad SMARTS) is 1. The largest absolute Gasteiger partial charge is 0.477 e. The van der Waals surface area contributed by atoms with E-state index in [1.54, 1.807) is 0 Å². The van der Waals surface area contributed by atoms with Gasteiger partial charge in [-0.2, -0.15) is 0 Å². The van der Waals surface area contributed by atoms with Crippen molar-refractivity contribution in [3.05, 3.63) is 0 Å². The summed E-state index contributed by atoms with van der Waals surface area (Å²) in [5.74, 6) is -4.98. The summed E-state index contributed by atoms with van der Waals surface area (Å²) in [5.41, 5.74) is 0. The normalized spacial score (nSPS) is 21.5. The Bertz CT molecular complexity index is 219. The highest BCUT2D eigenvalue weighted by atomic mass is 16.7. The molecule has 0 aromatic heterocycles. The predicted molar refractivity (Wildman–Crippen MR) is 44.7 cm³/mol. The van der Waals surface area contributed by atoms with Crippen LogP contribution in [0, 0.1) is 0 Å². The molecule has 0 spiro atoms. The lowest BCUT2D eigenvalue weighted by Gasteiger charge is -2.31. The summed E-state index contributed by atoms with van der Waals surface area (Å²) in [4.78, 5) is 10.5. The summed E-state index contributed by atoms with van der Waals surface area (Å²) in [6.07, 6.45) is -6.15. The number of carbonyl (C=O) groups is 1. The van der Waals surface area contributed by atoms with Gasteiger partial charge in [0.15, 0.2) is 0 Å². The van der Waals surface area contributed by atoms with E-state index >= 15 is 0 Å². The minimum Gasteiger partial charge on any atom is -0.477 e. The Labute approximate surface area is 85.0 Å². The van der Waals surface area contributed by atoms with Crippen molar-refractivity contribution in [2.75, 3.05) is 13.7 Å². The van der Waals surface area contributed by atoms with Crippen LogP contribution in [0.15, 0.2) is 0 Å². The Morgan fingerprint density at radius 3 is 2.13 bits per heavy atom. The topological polar surface area (TPSA) is 148 Å². The van der Waals surface area contributed by atoms with Crippen LogP contribution >= 0.6 is 0 Å². The van der Waals surface area contributed by atoms with Crippen LogP contribution in [0.3, 0.4) is 0 Å². The van der Waals surface area contributed by atoms with Crippen LogP contribution in [0.1, 0.15) is 0 Å². The average molecular weight is 226 g/mol. The molecule has 0 radical (unpaired) electrons. The number of aliphatic hydroxyl groups is 5. The van der Waals surface area contributed by atoms with Crippen molar-refractivity contribution in [2.45, 2.75) is 24.1 Å². The average Bonchev–Trinajstić information content (AvgIpc) is 2.24. The van der Waals surface area contributed by atoms with Crippen molar-refractivity contribution < 1.29 is 40.2 Å². The van der Waals surface area contributed by atoms with E-state index < -0.39 is 36.7 Å². The maximum atomic E-state index is 10.5. The third kappa shape index (κ3) is 2.84. The highest BCUT2D eigenvalue weighted by Crippen LogP contribution is 2.17. The lowest BCUT2D eigenvalue weighted by atomic mass is 10.0. The summed E-state index contributed by atoms with van der Waals surface area (Å²) in [7, 11) is 0.801. The third-order valence-corrected chi connectivity index (χ3v) is 1.92. The van der Waals surface area contributed by atoms with E-state index in [1.807, 2.05) is 0 Å². The van der Waals surface area contributed by atoms with E-state index in [0.717, 1.165) is 7.11 Å². The summed E-state index contributed by atoms with van der Waals surface area (Å²) in [6.45, 7) is -0.905. The Balaban J connectivity index is 4.79. The molecule has 0 rings (SSSR count). The van der Waals surface area contributed by atoms with Crippen molar-refractivity contribution >= 4 is 5.97 Å². The Kier molecular flexibility index (Phi) is 5.08. The Morgan fingerprint density at radius 1 is 1.40 bits per heavy atom. The van der Waals surface area contributed by atoms with Crippen LogP contribution in [0.25, 0.3) is 0 Å². The molecule has 4 atom stereocenters. The van der Waals surface area contributed by atoms with Gasteiger partial charge in [0.25, 0.3) is 5.79 Å². The van der Waals surface area contributed by atoms with E-state index in [4.69, 9.17) is 20.4 Å². The third-order valence-electron chi connectivity index (χ3n) is 1.92. The first-order valence-corrected chi connectivity index (χ1v) is 3.97. The van der Waals surface area contributed by atoms with Crippen LogP contribution in [-0.2, 0) is 9.53 Å². The molecule has 8 nitrogen and oxygen atoms in total. The number of carboxylic acids is 1. The molecule has 0 saturated carbocycles. The Morgan fingerprint density at radius 2 is 1.87 bits per heavy atom. The fraction of sp³-hybridized carbons (Fsp3) is 0.857. The van der Waals surface area contributed by atoms with Crippen LogP contribution < -0.4 is 0 Å². The highest BCUT2D eigenvalue weighted by Gasteiger charge is 2.49. The van der Waals surface area contributed by atoms with Gasteiger partial charge in [-0.3, -0.25) is 0 Å². The zero-order valence-electron chi connectivity index (χ0n) is 7.94. The van der Waals surface area contributed by atoms with E-state index in [1.165, 1.54) is 0 Å². The summed E-state index contributed by atoms with van der Waals surface area (Å²) >= 11 is 0. The van der Waals surface area contributed by atoms with Gasteiger partial charge in [0.2, 0.25) is 0 Å². The smallest absolute Gasteiger partial charge is 0.367 e. The van der Waals surface area contributed by atoms with Gasteiger partial charge in [0.1, 0.15) is 18.3 Å². The first-order chi connectivity index (χ1) is 6.81. The lowest BCUT2D eigenvalue weighted by molar-refractivity contribution is -0.269. The minimum atomic E-state index is -3.05. The Hall–Kier alpha value is -0.770. The minimum absolute atomic E-state index is 0.801. The molecule has 0 unspecified atom stereocenters. The molecule has 0 bridgehead atoms. The van der Waals surface area contributed by atoms with Crippen molar-refractivity contribution in [3.8, 4) is 0 Å². The van der Waals surface area contributed by atoms with Gasteiger partial charge in [-0.25, -0.2) is 4.79 Å². The first-order valence-electron chi connectivity index (χ1n) is 3.97. The van der Waals surface area contributed by atoms with Crippen LogP contribution in [0.4, 0.5) is 0 Å². The molecule has 0 heterocycles. The van der Waals surface area contributed by atoms with Gasteiger partial charge >= 0.3 is 5.97 Å². The summed E-state index contributed by atoms with van der Waals surface area (Å²) in [5, 5.41) is 53.5. The first kappa shape index (κ1) is 14.2. The zero-order chi connectivity index (χ0) is 12.2. The molecule has 0 aromatic rings. The summed E-state index contributed by atoms with van der Waals surface area (Å²) in [6, 6.07) is 0. The van der Waals surface area contributed by atoms with Gasteiger partial charge < -0.3 is 35.4 Å². The van der Waals surface area contributed by atoms with Gasteiger partial charge in [0, 0.05) is 7.11 Å². The van der Waals surface area contributed by atoms with Crippen molar-refractivity contribution in [2.24, 2.45) is 0 Å². The standard InChI is InChI=1S/C7H14O8/c1-15-7(14,6(12)13)5(11)4(10)3(9)2-8/h3-5,8-11,14H,2H2,1H3,(H,12,13)/t3-,4-,5+,7-/m1/s1. The predicted octanol–water partition coefficient (Wildman–Crippen LogP) is -3.52. The van der Waals surface area contributed by atoms with Crippen molar-refractivity contribution in [3.63, 3.8) is 0 Å².